The summed E-state index contributed by atoms with van der Waals surface area (Å²) in [7, 11) is 3.05. The fourth-order valence-corrected chi connectivity index (χ4v) is 2.36. The molecule has 0 unspecified atom stereocenters. The zero-order chi connectivity index (χ0) is 19.1. The standard InChI is InChI=1S/C18H18ClFN2O4/c1-25-15-6-3-11(7-16(15)26-2)10-21-17(23)9-18(24)22-12-4-5-14(20)13(19)8-12/h3-8H,9-10H2,1-2H3,(H,21,23)(H,22,24). The normalized spacial score (nSPS) is 10.2. The van der Waals surface area contributed by atoms with Gasteiger partial charge in [0.15, 0.2) is 11.5 Å². The van der Waals surface area contributed by atoms with Gasteiger partial charge in [0.25, 0.3) is 0 Å². The lowest BCUT2D eigenvalue weighted by Crippen LogP contribution is -2.27. The summed E-state index contributed by atoms with van der Waals surface area (Å²) in [6, 6.07) is 9.01. The number of amides is 2. The summed E-state index contributed by atoms with van der Waals surface area (Å²) in [6.07, 6.45) is -0.373. The molecule has 0 radical (unpaired) electrons. The number of benzene rings is 2. The lowest BCUT2D eigenvalue weighted by atomic mass is 10.2. The van der Waals surface area contributed by atoms with Crippen LogP contribution in [0.15, 0.2) is 36.4 Å². The number of hydrogen-bond acceptors (Lipinski definition) is 4. The molecule has 0 fully saturated rings. The topological polar surface area (TPSA) is 76.7 Å². The van der Waals surface area contributed by atoms with E-state index >= 15 is 0 Å². The van der Waals surface area contributed by atoms with Crippen LogP contribution in [-0.2, 0) is 16.1 Å². The van der Waals surface area contributed by atoms with E-state index in [0.29, 0.717) is 17.2 Å². The lowest BCUT2D eigenvalue weighted by molar-refractivity contribution is -0.126. The van der Waals surface area contributed by atoms with E-state index in [1.807, 2.05) is 0 Å². The summed E-state index contributed by atoms with van der Waals surface area (Å²) in [5.74, 6) is -0.439. The molecule has 0 aliphatic rings. The van der Waals surface area contributed by atoms with Crippen LogP contribution in [0.4, 0.5) is 10.1 Å². The summed E-state index contributed by atoms with van der Waals surface area (Å²) >= 11 is 5.64. The summed E-state index contributed by atoms with van der Waals surface area (Å²) < 4.78 is 23.4. The molecule has 0 aliphatic carbocycles. The van der Waals surface area contributed by atoms with Crippen LogP contribution in [-0.4, -0.2) is 26.0 Å². The van der Waals surface area contributed by atoms with Gasteiger partial charge in [-0.3, -0.25) is 9.59 Å². The van der Waals surface area contributed by atoms with E-state index < -0.39 is 17.6 Å². The molecule has 0 aromatic heterocycles. The molecule has 138 valence electrons. The Hall–Kier alpha value is -2.80. The van der Waals surface area contributed by atoms with Crippen molar-refractivity contribution >= 4 is 29.1 Å². The Bertz CT molecular complexity index is 814. The Balaban J connectivity index is 1.86. The number of carbonyl (C=O) groups excluding carboxylic acids is 2. The van der Waals surface area contributed by atoms with E-state index in [2.05, 4.69) is 10.6 Å². The largest absolute Gasteiger partial charge is 0.493 e. The first-order chi connectivity index (χ1) is 12.4. The van der Waals surface area contributed by atoms with Crippen LogP contribution in [0, 0.1) is 5.82 Å². The highest BCUT2D eigenvalue weighted by Gasteiger charge is 2.11. The van der Waals surface area contributed by atoms with Crippen molar-refractivity contribution in [3.8, 4) is 11.5 Å². The molecule has 26 heavy (non-hydrogen) atoms. The highest BCUT2D eigenvalue weighted by atomic mass is 35.5. The second-order valence-corrected chi connectivity index (χ2v) is 5.73. The van der Waals surface area contributed by atoms with E-state index in [9.17, 15) is 14.0 Å². The first-order valence-corrected chi connectivity index (χ1v) is 8.03. The SMILES string of the molecule is COc1ccc(CNC(=O)CC(=O)Nc2ccc(F)c(Cl)c2)cc1OC. The van der Waals surface area contributed by atoms with Gasteiger partial charge in [0.05, 0.1) is 19.2 Å². The predicted octanol–water partition coefficient (Wildman–Crippen LogP) is 3.14. The van der Waals surface area contributed by atoms with E-state index in [0.717, 1.165) is 11.6 Å². The Labute approximate surface area is 155 Å². The number of rotatable bonds is 7. The van der Waals surface area contributed by atoms with Crippen molar-refractivity contribution < 1.29 is 23.5 Å². The molecule has 0 bridgehead atoms. The number of hydrogen-bond donors (Lipinski definition) is 2. The monoisotopic (exact) mass is 380 g/mol. The molecule has 0 saturated carbocycles. The molecule has 2 rings (SSSR count). The van der Waals surface area contributed by atoms with Crippen molar-refractivity contribution in [3.05, 3.63) is 52.8 Å². The Kier molecular flexibility index (Phi) is 6.80. The third-order valence-electron chi connectivity index (χ3n) is 3.46. The molecule has 8 heteroatoms. The fourth-order valence-electron chi connectivity index (χ4n) is 2.18. The van der Waals surface area contributed by atoms with E-state index in [-0.39, 0.29) is 18.0 Å². The van der Waals surface area contributed by atoms with Gasteiger partial charge in [0.1, 0.15) is 12.2 Å². The smallest absolute Gasteiger partial charge is 0.233 e. The highest BCUT2D eigenvalue weighted by molar-refractivity contribution is 6.31. The van der Waals surface area contributed by atoms with Crippen molar-refractivity contribution in [2.45, 2.75) is 13.0 Å². The average Bonchev–Trinajstić information content (AvgIpc) is 2.62. The van der Waals surface area contributed by atoms with Gasteiger partial charge < -0.3 is 20.1 Å². The number of halogens is 2. The molecule has 0 atom stereocenters. The zero-order valence-electron chi connectivity index (χ0n) is 14.3. The van der Waals surface area contributed by atoms with Gasteiger partial charge in [0, 0.05) is 12.2 Å². The molecule has 0 spiro atoms. The van der Waals surface area contributed by atoms with Crippen LogP contribution in [0.3, 0.4) is 0 Å². The van der Waals surface area contributed by atoms with Crippen molar-refractivity contribution in [1.82, 2.24) is 5.32 Å². The lowest BCUT2D eigenvalue weighted by Gasteiger charge is -2.10. The molecule has 2 amide bonds. The summed E-state index contributed by atoms with van der Waals surface area (Å²) in [5, 5.41) is 5.02. The van der Waals surface area contributed by atoms with Crippen molar-refractivity contribution in [2.75, 3.05) is 19.5 Å². The first kappa shape index (κ1) is 19.5. The molecule has 2 aromatic rings. The quantitative estimate of drug-likeness (QED) is 0.723. The summed E-state index contributed by atoms with van der Waals surface area (Å²) in [4.78, 5) is 23.8. The van der Waals surface area contributed by atoms with E-state index in [1.165, 1.54) is 26.4 Å². The Morgan fingerprint density at radius 1 is 1.04 bits per heavy atom. The van der Waals surface area contributed by atoms with Gasteiger partial charge in [-0.05, 0) is 35.9 Å². The maximum absolute atomic E-state index is 13.1. The third kappa shape index (κ3) is 5.35. The number of ether oxygens (including phenoxy) is 2. The van der Waals surface area contributed by atoms with Crippen molar-refractivity contribution in [1.29, 1.82) is 0 Å². The van der Waals surface area contributed by atoms with Crippen LogP contribution < -0.4 is 20.1 Å². The second kappa shape index (κ2) is 9.05. The third-order valence-corrected chi connectivity index (χ3v) is 3.75. The van der Waals surface area contributed by atoms with Crippen LogP contribution in [0.5, 0.6) is 11.5 Å². The molecule has 2 aromatic carbocycles. The summed E-state index contributed by atoms with van der Waals surface area (Å²) in [5.41, 5.74) is 1.11. The molecule has 0 aliphatic heterocycles. The number of methoxy groups -OCH3 is 2. The minimum Gasteiger partial charge on any atom is -0.493 e. The molecular formula is C18H18ClFN2O4. The van der Waals surface area contributed by atoms with E-state index in [4.69, 9.17) is 21.1 Å². The second-order valence-electron chi connectivity index (χ2n) is 5.32. The maximum Gasteiger partial charge on any atom is 0.233 e. The van der Waals surface area contributed by atoms with Gasteiger partial charge in [-0.2, -0.15) is 0 Å². The molecule has 6 nitrogen and oxygen atoms in total. The molecule has 0 heterocycles. The molecule has 2 N–H and O–H groups in total. The van der Waals surface area contributed by atoms with Gasteiger partial charge in [0.2, 0.25) is 11.8 Å². The highest BCUT2D eigenvalue weighted by Crippen LogP contribution is 2.27. The number of anilines is 1. The van der Waals surface area contributed by atoms with E-state index in [1.54, 1.807) is 18.2 Å². The number of carbonyl (C=O) groups is 2. The van der Waals surface area contributed by atoms with Crippen LogP contribution >= 0.6 is 11.6 Å². The molecule has 0 saturated heterocycles. The fraction of sp³-hybridized carbons (Fsp3) is 0.222. The minimum atomic E-state index is -0.586. The van der Waals surface area contributed by atoms with Gasteiger partial charge in [-0.15, -0.1) is 0 Å². The van der Waals surface area contributed by atoms with Gasteiger partial charge in [-0.1, -0.05) is 17.7 Å². The van der Waals surface area contributed by atoms with Crippen LogP contribution in [0.1, 0.15) is 12.0 Å². The van der Waals surface area contributed by atoms with Gasteiger partial charge in [-0.25, -0.2) is 4.39 Å². The zero-order valence-corrected chi connectivity index (χ0v) is 15.0. The Morgan fingerprint density at radius 3 is 2.42 bits per heavy atom. The predicted molar refractivity (Wildman–Crippen MR) is 96.0 cm³/mol. The van der Waals surface area contributed by atoms with Crippen LogP contribution in [0.25, 0.3) is 0 Å². The van der Waals surface area contributed by atoms with Crippen molar-refractivity contribution in [2.24, 2.45) is 0 Å². The van der Waals surface area contributed by atoms with Crippen molar-refractivity contribution in [3.63, 3.8) is 0 Å². The molecular weight excluding hydrogens is 363 g/mol. The number of nitrogens with one attached hydrogen (secondary N) is 2. The van der Waals surface area contributed by atoms with Crippen LogP contribution in [0.2, 0.25) is 5.02 Å². The maximum atomic E-state index is 13.1. The Morgan fingerprint density at radius 2 is 1.77 bits per heavy atom. The summed E-state index contributed by atoms with van der Waals surface area (Å²) in [6.45, 7) is 0.231. The van der Waals surface area contributed by atoms with Gasteiger partial charge >= 0.3 is 0 Å². The first-order valence-electron chi connectivity index (χ1n) is 7.65. The average molecular weight is 381 g/mol. The minimum absolute atomic E-state index is 0.110.